The summed E-state index contributed by atoms with van der Waals surface area (Å²) < 4.78 is 5.43. The molecule has 4 heteroatoms. The van der Waals surface area contributed by atoms with Crippen molar-refractivity contribution in [2.45, 2.75) is 18.8 Å². The summed E-state index contributed by atoms with van der Waals surface area (Å²) in [7, 11) is 1.90. The fourth-order valence-electron chi connectivity index (χ4n) is 1.59. The van der Waals surface area contributed by atoms with Crippen LogP contribution in [0.2, 0.25) is 0 Å². The monoisotopic (exact) mass is 236 g/mol. The Labute approximate surface area is 100 Å². The van der Waals surface area contributed by atoms with Crippen LogP contribution in [0.15, 0.2) is 40.4 Å². The largest absolute Gasteiger partial charge is 0.353 e. The molecule has 2 aliphatic heterocycles. The summed E-state index contributed by atoms with van der Waals surface area (Å²) in [5.74, 6) is 0. The molecule has 16 heavy (non-hydrogen) atoms. The SMILES string of the molecule is C=C1C=CC(SC)=CN=C1CC1OC1NC. The zero-order valence-corrected chi connectivity index (χ0v) is 10.4. The molecule has 0 aromatic carbocycles. The number of nitrogens with zero attached hydrogens (tertiary/aromatic N) is 1. The number of likely N-dealkylation sites (N-methyl/N-ethyl adjacent to an activating group) is 1. The van der Waals surface area contributed by atoms with Gasteiger partial charge in [0.25, 0.3) is 0 Å². The summed E-state index contributed by atoms with van der Waals surface area (Å²) in [6.07, 6.45) is 9.26. The Bertz CT molecular complexity index is 384. The van der Waals surface area contributed by atoms with Crippen molar-refractivity contribution >= 4 is 17.5 Å². The maximum Gasteiger partial charge on any atom is 0.135 e. The van der Waals surface area contributed by atoms with Gasteiger partial charge in [-0.2, -0.15) is 0 Å². The predicted molar refractivity (Wildman–Crippen MR) is 69.7 cm³/mol. The molecule has 3 nitrogen and oxygen atoms in total. The van der Waals surface area contributed by atoms with Gasteiger partial charge in [0.1, 0.15) is 12.3 Å². The van der Waals surface area contributed by atoms with Crippen molar-refractivity contribution in [3.8, 4) is 0 Å². The van der Waals surface area contributed by atoms with Crippen LogP contribution in [-0.2, 0) is 4.74 Å². The van der Waals surface area contributed by atoms with Crippen LogP contribution in [0.3, 0.4) is 0 Å². The van der Waals surface area contributed by atoms with Crippen LogP contribution in [0.5, 0.6) is 0 Å². The molecule has 2 unspecified atom stereocenters. The molecule has 1 fully saturated rings. The Hall–Kier alpha value is -0.840. The van der Waals surface area contributed by atoms with Gasteiger partial charge in [-0.3, -0.25) is 10.3 Å². The van der Waals surface area contributed by atoms with Crippen LogP contribution < -0.4 is 5.32 Å². The van der Waals surface area contributed by atoms with Crippen LogP contribution >= 0.6 is 11.8 Å². The molecule has 86 valence electrons. The standard InChI is InChI=1S/C12H16N2OS/c1-8-4-5-9(16-3)7-14-10(8)6-11-12(13-2)15-11/h4-5,7,11-13H,1,6H2,2-3H3. The Morgan fingerprint density at radius 1 is 1.56 bits per heavy atom. The molecule has 2 rings (SSSR count). The van der Waals surface area contributed by atoms with Crippen LogP contribution in [0, 0.1) is 0 Å². The first-order valence-electron chi connectivity index (χ1n) is 5.25. The van der Waals surface area contributed by atoms with Crippen molar-refractivity contribution in [3.05, 3.63) is 35.4 Å². The average molecular weight is 236 g/mol. The van der Waals surface area contributed by atoms with E-state index in [1.807, 2.05) is 31.7 Å². The number of thioether (sulfide) groups is 1. The third kappa shape index (κ3) is 2.64. The van der Waals surface area contributed by atoms with E-state index in [9.17, 15) is 0 Å². The van der Waals surface area contributed by atoms with Crippen molar-refractivity contribution < 1.29 is 4.74 Å². The van der Waals surface area contributed by atoms with Gasteiger partial charge in [0.05, 0.1) is 0 Å². The van der Waals surface area contributed by atoms with E-state index in [1.54, 1.807) is 11.8 Å². The van der Waals surface area contributed by atoms with Crippen molar-refractivity contribution in [1.29, 1.82) is 0 Å². The molecule has 0 amide bonds. The van der Waals surface area contributed by atoms with Crippen LogP contribution in [0.4, 0.5) is 0 Å². The first-order valence-corrected chi connectivity index (χ1v) is 6.48. The second-order valence-electron chi connectivity index (χ2n) is 3.76. The van der Waals surface area contributed by atoms with Gasteiger partial charge in [0.15, 0.2) is 0 Å². The number of ether oxygens (including phenoxy) is 1. The Morgan fingerprint density at radius 3 is 3.00 bits per heavy atom. The topological polar surface area (TPSA) is 36.9 Å². The van der Waals surface area contributed by atoms with Crippen LogP contribution in [-0.4, -0.2) is 31.3 Å². The molecule has 0 radical (unpaired) electrons. The van der Waals surface area contributed by atoms with Crippen molar-refractivity contribution in [1.82, 2.24) is 5.32 Å². The zero-order chi connectivity index (χ0) is 11.5. The Morgan fingerprint density at radius 2 is 2.38 bits per heavy atom. The van der Waals surface area contributed by atoms with Gasteiger partial charge in [-0.25, -0.2) is 0 Å². The summed E-state index contributed by atoms with van der Waals surface area (Å²) in [6.45, 7) is 4.02. The van der Waals surface area contributed by atoms with Gasteiger partial charge >= 0.3 is 0 Å². The molecule has 2 heterocycles. The second kappa shape index (κ2) is 4.99. The third-order valence-electron chi connectivity index (χ3n) is 2.66. The number of allylic oxidation sites excluding steroid dienone is 3. The second-order valence-corrected chi connectivity index (χ2v) is 4.64. The van der Waals surface area contributed by atoms with E-state index >= 15 is 0 Å². The summed E-state index contributed by atoms with van der Waals surface area (Å²) in [5.41, 5.74) is 1.99. The van der Waals surface area contributed by atoms with Gasteiger partial charge in [-0.15, -0.1) is 11.8 Å². The van der Waals surface area contributed by atoms with Crippen molar-refractivity contribution in [2.75, 3.05) is 13.3 Å². The molecule has 0 aromatic heterocycles. The van der Waals surface area contributed by atoms with Crippen LogP contribution in [0.25, 0.3) is 0 Å². The van der Waals surface area contributed by atoms with E-state index in [0.29, 0.717) is 0 Å². The number of nitrogens with one attached hydrogen (secondary N) is 1. The lowest BCUT2D eigenvalue weighted by molar-refractivity contribution is 0.356. The molecule has 0 spiro atoms. The van der Waals surface area contributed by atoms with Gasteiger partial charge in [-0.05, 0) is 25.0 Å². The molecule has 0 aromatic rings. The predicted octanol–water partition coefficient (Wildman–Crippen LogP) is 2.09. The lowest BCUT2D eigenvalue weighted by Gasteiger charge is -2.01. The minimum absolute atomic E-state index is 0.187. The van der Waals surface area contributed by atoms with E-state index in [1.165, 1.54) is 0 Å². The maximum atomic E-state index is 5.43. The van der Waals surface area contributed by atoms with Crippen molar-refractivity contribution in [3.63, 3.8) is 0 Å². The summed E-state index contributed by atoms with van der Waals surface area (Å²) in [6, 6.07) is 0. The minimum Gasteiger partial charge on any atom is -0.353 e. The highest BCUT2D eigenvalue weighted by atomic mass is 32.2. The molecule has 2 atom stereocenters. The fraction of sp³-hybridized carbons (Fsp3) is 0.417. The van der Waals surface area contributed by atoms with Crippen LogP contribution in [0.1, 0.15) is 6.42 Å². The van der Waals surface area contributed by atoms with Gasteiger partial charge < -0.3 is 4.74 Å². The quantitative estimate of drug-likeness (QED) is 0.759. The molecule has 2 aliphatic rings. The lowest BCUT2D eigenvalue weighted by atomic mass is 10.1. The minimum atomic E-state index is 0.187. The smallest absolute Gasteiger partial charge is 0.135 e. The Kier molecular flexibility index (Phi) is 3.63. The number of rotatable bonds is 4. The van der Waals surface area contributed by atoms with E-state index in [0.717, 1.165) is 22.6 Å². The molecule has 1 saturated heterocycles. The molecule has 0 saturated carbocycles. The van der Waals surface area contributed by atoms with Crippen molar-refractivity contribution in [2.24, 2.45) is 4.99 Å². The third-order valence-corrected chi connectivity index (χ3v) is 3.38. The average Bonchev–Trinajstić information content (AvgIpc) is 3.06. The number of hydrogen-bond donors (Lipinski definition) is 1. The summed E-state index contributed by atoms with van der Waals surface area (Å²) in [4.78, 5) is 5.62. The van der Waals surface area contributed by atoms with Gasteiger partial charge in [0, 0.05) is 23.2 Å². The Balaban J connectivity index is 2.03. The summed E-state index contributed by atoms with van der Waals surface area (Å²) >= 11 is 1.69. The highest BCUT2D eigenvalue weighted by Gasteiger charge is 2.38. The molecular weight excluding hydrogens is 220 g/mol. The maximum absolute atomic E-state index is 5.43. The lowest BCUT2D eigenvalue weighted by Crippen LogP contribution is -2.15. The molecular formula is C12H16N2OS. The van der Waals surface area contributed by atoms with E-state index < -0.39 is 0 Å². The number of aliphatic imine (C=N–C) groups is 1. The highest BCUT2D eigenvalue weighted by molar-refractivity contribution is 8.02. The summed E-state index contributed by atoms with van der Waals surface area (Å²) in [5, 5.41) is 3.08. The van der Waals surface area contributed by atoms with Gasteiger partial charge in [-0.1, -0.05) is 12.7 Å². The number of hydrogen-bond acceptors (Lipinski definition) is 4. The van der Waals surface area contributed by atoms with E-state index in [-0.39, 0.29) is 12.3 Å². The van der Waals surface area contributed by atoms with E-state index in [2.05, 4.69) is 16.9 Å². The van der Waals surface area contributed by atoms with E-state index in [4.69, 9.17) is 4.74 Å². The fourth-order valence-corrected chi connectivity index (χ4v) is 1.96. The number of epoxide rings is 1. The first kappa shape index (κ1) is 11.6. The first-order chi connectivity index (χ1) is 7.74. The highest BCUT2D eigenvalue weighted by Crippen LogP contribution is 2.26. The molecule has 0 aliphatic carbocycles. The normalized spacial score (nSPS) is 28.5. The molecule has 0 bridgehead atoms. The zero-order valence-electron chi connectivity index (χ0n) is 9.56. The molecule has 1 N–H and O–H groups in total. The van der Waals surface area contributed by atoms with Gasteiger partial charge in [0.2, 0.25) is 0 Å².